The first kappa shape index (κ1) is 34.5. The maximum atomic E-state index is 13.6. The van der Waals surface area contributed by atoms with E-state index >= 15 is 0 Å². The lowest BCUT2D eigenvalue weighted by atomic mass is 10.1. The summed E-state index contributed by atoms with van der Waals surface area (Å²) in [5.74, 6) is 0. The van der Waals surface area contributed by atoms with Crippen LogP contribution in [0, 0.1) is 0 Å². The molecule has 0 aromatic heterocycles. The normalized spacial score (nSPS) is 13.5. The van der Waals surface area contributed by atoms with E-state index in [-0.39, 0.29) is 26.4 Å². The Morgan fingerprint density at radius 3 is 1.43 bits per heavy atom. The highest BCUT2D eigenvalue weighted by Gasteiger charge is 2.50. The Bertz CT molecular complexity index is 703. The Morgan fingerprint density at radius 2 is 1.03 bits per heavy atom. The van der Waals surface area contributed by atoms with Crippen molar-refractivity contribution in [2.45, 2.75) is 112 Å². The van der Waals surface area contributed by atoms with E-state index in [1.807, 2.05) is 0 Å². The molecule has 0 aromatic rings. The molecule has 0 N–H and O–H groups in total. The van der Waals surface area contributed by atoms with Gasteiger partial charge in [-0.25, -0.2) is 0 Å². The molecule has 0 atom stereocenters. The fraction of sp³-hybridized carbons (Fsp3) is 0.778. The molecule has 0 fully saturated rings. The van der Waals surface area contributed by atoms with Crippen molar-refractivity contribution < 1.29 is 27.2 Å². The molecule has 0 amide bonds. The summed E-state index contributed by atoms with van der Waals surface area (Å²) in [7, 11) is -7.31. The molecule has 0 heterocycles. The highest BCUT2D eigenvalue weighted by atomic mass is 31.2. The van der Waals surface area contributed by atoms with Crippen molar-refractivity contribution in [1.82, 2.24) is 0 Å². The zero-order valence-electron chi connectivity index (χ0n) is 23.6. The van der Waals surface area contributed by atoms with E-state index in [0.717, 1.165) is 44.9 Å². The molecule has 35 heavy (non-hydrogen) atoms. The number of hydrogen-bond donors (Lipinski definition) is 0. The minimum Gasteiger partial charge on any atom is -0.308 e. The third-order valence-corrected chi connectivity index (χ3v) is 11.6. The van der Waals surface area contributed by atoms with Crippen molar-refractivity contribution in [3.8, 4) is 0 Å². The van der Waals surface area contributed by atoms with Gasteiger partial charge in [-0.3, -0.25) is 9.13 Å². The van der Waals surface area contributed by atoms with Crippen molar-refractivity contribution in [2.75, 3.05) is 26.4 Å². The second-order valence-electron chi connectivity index (χ2n) is 8.98. The van der Waals surface area contributed by atoms with E-state index in [0.29, 0.717) is 6.42 Å². The number of unbranched alkanes of at least 4 members (excludes halogenated alkanes) is 2. The first-order valence-corrected chi connectivity index (χ1v) is 16.5. The van der Waals surface area contributed by atoms with Crippen LogP contribution in [0.3, 0.4) is 0 Å². The first-order chi connectivity index (χ1) is 16.6. The van der Waals surface area contributed by atoms with Gasteiger partial charge >= 0.3 is 15.2 Å². The van der Waals surface area contributed by atoms with Gasteiger partial charge in [0.1, 0.15) is 0 Å². The molecule has 0 rings (SSSR count). The second-order valence-corrected chi connectivity index (χ2v) is 13.8. The molecule has 0 saturated carbocycles. The SMILES string of the molecule is CCOP(=O)(OCC)C(CCCC/C=C(\C)CC/C=C(\C)CCC=C(C)C)P(=O)(OCC)OCC. The van der Waals surface area contributed by atoms with E-state index in [4.69, 9.17) is 18.1 Å². The fourth-order valence-corrected chi connectivity index (χ4v) is 9.25. The Kier molecular flexibility index (Phi) is 19.3. The average Bonchev–Trinajstić information content (AvgIpc) is 2.76. The van der Waals surface area contributed by atoms with E-state index < -0.39 is 20.6 Å². The van der Waals surface area contributed by atoms with Gasteiger partial charge in [0.15, 0.2) is 5.40 Å². The predicted molar refractivity (Wildman–Crippen MR) is 149 cm³/mol. The monoisotopic (exact) mass is 534 g/mol. The molecule has 0 radical (unpaired) electrons. The van der Waals surface area contributed by atoms with Gasteiger partial charge in [0.2, 0.25) is 0 Å². The van der Waals surface area contributed by atoms with Gasteiger partial charge in [-0.05, 0) is 100 Å². The molecule has 206 valence electrons. The lowest BCUT2D eigenvalue weighted by Crippen LogP contribution is -2.18. The van der Waals surface area contributed by atoms with Crippen LogP contribution >= 0.6 is 15.2 Å². The number of rotatable bonds is 21. The van der Waals surface area contributed by atoms with Crippen LogP contribution in [-0.4, -0.2) is 31.8 Å². The topological polar surface area (TPSA) is 71.1 Å². The number of allylic oxidation sites excluding steroid dienone is 6. The Labute approximate surface area is 216 Å². The lowest BCUT2D eigenvalue weighted by molar-refractivity contribution is 0.193. The van der Waals surface area contributed by atoms with Crippen molar-refractivity contribution >= 4 is 15.2 Å². The highest BCUT2D eigenvalue weighted by molar-refractivity contribution is 7.72. The quantitative estimate of drug-likeness (QED) is 0.0829. The highest BCUT2D eigenvalue weighted by Crippen LogP contribution is 2.71. The van der Waals surface area contributed by atoms with Crippen LogP contribution in [-0.2, 0) is 27.2 Å². The van der Waals surface area contributed by atoms with E-state index in [1.165, 1.54) is 16.7 Å². The van der Waals surface area contributed by atoms with Gasteiger partial charge in [-0.2, -0.15) is 0 Å². The summed E-state index contributed by atoms with van der Waals surface area (Å²) in [4.78, 5) is 0. The van der Waals surface area contributed by atoms with Crippen LogP contribution < -0.4 is 0 Å². The van der Waals surface area contributed by atoms with Gasteiger partial charge in [0, 0.05) is 0 Å². The fourth-order valence-electron chi connectivity index (χ4n) is 3.79. The molecular formula is C27H52O6P2. The number of hydrogen-bond acceptors (Lipinski definition) is 6. The van der Waals surface area contributed by atoms with Crippen LogP contribution in [0.25, 0.3) is 0 Å². The molecule has 0 aliphatic heterocycles. The summed E-state index contributed by atoms with van der Waals surface area (Å²) >= 11 is 0. The third kappa shape index (κ3) is 14.7. The van der Waals surface area contributed by atoms with Gasteiger partial charge in [-0.1, -0.05) is 41.4 Å². The van der Waals surface area contributed by atoms with Crippen LogP contribution in [0.15, 0.2) is 34.9 Å². The van der Waals surface area contributed by atoms with E-state index in [1.54, 1.807) is 27.7 Å². The van der Waals surface area contributed by atoms with E-state index in [2.05, 4.69) is 45.9 Å². The van der Waals surface area contributed by atoms with Crippen molar-refractivity contribution in [1.29, 1.82) is 0 Å². The molecule has 0 unspecified atom stereocenters. The zero-order chi connectivity index (χ0) is 26.7. The van der Waals surface area contributed by atoms with Crippen LogP contribution in [0.2, 0.25) is 0 Å². The molecule has 0 spiro atoms. The molecular weight excluding hydrogens is 482 g/mol. The van der Waals surface area contributed by atoms with Gasteiger partial charge in [-0.15, -0.1) is 0 Å². The van der Waals surface area contributed by atoms with Crippen LogP contribution in [0.1, 0.15) is 107 Å². The first-order valence-electron chi connectivity index (χ1n) is 13.3. The summed E-state index contributed by atoms with van der Waals surface area (Å²) in [6.07, 6.45) is 14.2. The van der Waals surface area contributed by atoms with Gasteiger partial charge < -0.3 is 18.1 Å². The van der Waals surface area contributed by atoms with Crippen molar-refractivity contribution in [2.24, 2.45) is 0 Å². The maximum Gasteiger partial charge on any atom is 0.345 e. The third-order valence-electron chi connectivity index (χ3n) is 5.50. The molecule has 0 bridgehead atoms. The smallest absolute Gasteiger partial charge is 0.308 e. The largest absolute Gasteiger partial charge is 0.345 e. The van der Waals surface area contributed by atoms with Crippen molar-refractivity contribution in [3.63, 3.8) is 0 Å². The van der Waals surface area contributed by atoms with Gasteiger partial charge in [0.25, 0.3) is 0 Å². The molecule has 6 nitrogen and oxygen atoms in total. The maximum absolute atomic E-state index is 13.6. The zero-order valence-corrected chi connectivity index (χ0v) is 25.4. The summed E-state index contributed by atoms with van der Waals surface area (Å²) < 4.78 is 49.3. The molecule has 8 heteroatoms. The summed E-state index contributed by atoms with van der Waals surface area (Å²) in [6.45, 7) is 16.5. The molecule has 0 aromatic carbocycles. The standard InChI is InChI=1S/C27H52O6P2/c1-9-30-34(28,31-10-2)27(35(29,32-11-3)33-12-4)23-15-13-14-19-25(7)21-17-22-26(8)20-16-18-24(5)6/h18-19,22,27H,9-17,20-21,23H2,1-8H3/b25-19+,26-22+. The molecule has 0 saturated heterocycles. The predicted octanol–water partition coefficient (Wildman–Crippen LogP) is 9.82. The average molecular weight is 535 g/mol. The minimum atomic E-state index is -3.65. The Balaban J connectivity index is 4.96. The second kappa shape index (κ2) is 19.6. The van der Waals surface area contributed by atoms with Crippen molar-refractivity contribution in [3.05, 3.63) is 34.9 Å². The Morgan fingerprint density at radius 1 is 0.629 bits per heavy atom. The van der Waals surface area contributed by atoms with Crippen LogP contribution in [0.4, 0.5) is 0 Å². The summed E-state index contributed by atoms with van der Waals surface area (Å²) in [6, 6.07) is 0. The summed E-state index contributed by atoms with van der Waals surface area (Å²) in [5.41, 5.74) is 4.20. The molecule has 0 aliphatic rings. The summed E-state index contributed by atoms with van der Waals surface area (Å²) in [5, 5.41) is -0.917. The van der Waals surface area contributed by atoms with E-state index in [9.17, 15) is 9.13 Å². The Hall–Kier alpha value is -0.480. The minimum absolute atomic E-state index is 0.205. The van der Waals surface area contributed by atoms with Crippen LogP contribution in [0.5, 0.6) is 0 Å². The molecule has 0 aliphatic carbocycles. The van der Waals surface area contributed by atoms with Gasteiger partial charge in [0.05, 0.1) is 26.4 Å². The lowest BCUT2D eigenvalue weighted by Gasteiger charge is -2.31.